The molecule has 2 aliphatic heterocycles. The minimum atomic E-state index is -0.604. The van der Waals surface area contributed by atoms with E-state index in [0.29, 0.717) is 18.7 Å². The summed E-state index contributed by atoms with van der Waals surface area (Å²) >= 11 is 0. The summed E-state index contributed by atoms with van der Waals surface area (Å²) in [5, 5.41) is 2.68. The van der Waals surface area contributed by atoms with E-state index < -0.39 is 6.10 Å². The van der Waals surface area contributed by atoms with Crippen LogP contribution in [0.25, 0.3) is 0 Å². The number of carbonyl (C=O) groups excluding carboxylic acids is 1. The molecule has 0 aromatic carbocycles. The molecule has 17 heavy (non-hydrogen) atoms. The van der Waals surface area contributed by atoms with Crippen LogP contribution >= 0.6 is 0 Å². The van der Waals surface area contributed by atoms with Crippen LogP contribution in [0.2, 0.25) is 0 Å². The van der Waals surface area contributed by atoms with Gasteiger partial charge in [-0.1, -0.05) is 6.58 Å². The van der Waals surface area contributed by atoms with Crippen molar-refractivity contribution in [1.82, 2.24) is 10.3 Å². The topological polar surface area (TPSA) is 63.6 Å². The maximum atomic E-state index is 11.7. The number of pyridine rings is 1. The minimum Gasteiger partial charge on any atom is -0.356 e. The molecule has 3 rings (SSSR count). The predicted molar refractivity (Wildman–Crippen MR) is 62.1 cm³/mol. The smallest absolute Gasteiger partial charge is 0.259 e. The van der Waals surface area contributed by atoms with Gasteiger partial charge in [0.15, 0.2) is 6.10 Å². The van der Waals surface area contributed by atoms with E-state index in [1.54, 1.807) is 12.4 Å². The van der Waals surface area contributed by atoms with Crippen LogP contribution in [0.15, 0.2) is 35.7 Å². The third-order valence-corrected chi connectivity index (χ3v) is 2.79. The van der Waals surface area contributed by atoms with Crippen molar-refractivity contribution in [2.75, 3.05) is 6.61 Å². The number of ether oxygens (including phenoxy) is 1. The first-order valence-electron chi connectivity index (χ1n) is 5.34. The van der Waals surface area contributed by atoms with Gasteiger partial charge in [-0.15, -0.1) is 0 Å². The lowest BCUT2D eigenvalue weighted by atomic mass is 10.1. The number of morpholine rings is 1. The average Bonchev–Trinajstić information content (AvgIpc) is 2.72. The Morgan fingerprint density at radius 1 is 1.53 bits per heavy atom. The first-order valence-corrected chi connectivity index (χ1v) is 5.34. The molecule has 1 atom stereocenters. The Morgan fingerprint density at radius 2 is 2.41 bits per heavy atom. The fraction of sp³-hybridized carbons (Fsp3) is 0.250. The lowest BCUT2D eigenvalue weighted by Gasteiger charge is -2.24. The number of amides is 1. The summed E-state index contributed by atoms with van der Waals surface area (Å²) in [6.45, 7) is 4.00. The molecule has 2 aliphatic rings. The first-order chi connectivity index (χ1) is 8.24. The van der Waals surface area contributed by atoms with Crippen molar-refractivity contribution in [2.24, 2.45) is 4.99 Å². The summed E-state index contributed by atoms with van der Waals surface area (Å²) in [5.74, 6) is -0.194. The molecule has 86 valence electrons. The van der Waals surface area contributed by atoms with Crippen molar-refractivity contribution in [3.05, 3.63) is 36.3 Å². The van der Waals surface area contributed by atoms with Gasteiger partial charge in [0.1, 0.15) is 0 Å². The van der Waals surface area contributed by atoms with Gasteiger partial charge in [0.25, 0.3) is 5.91 Å². The molecule has 0 saturated carbocycles. The van der Waals surface area contributed by atoms with Gasteiger partial charge in [-0.25, -0.2) is 0 Å². The van der Waals surface area contributed by atoms with Crippen molar-refractivity contribution in [1.29, 1.82) is 0 Å². The Hall–Kier alpha value is -2.01. The highest BCUT2D eigenvalue weighted by Gasteiger charge is 2.32. The second-order valence-corrected chi connectivity index (χ2v) is 4.07. The largest absolute Gasteiger partial charge is 0.356 e. The lowest BCUT2D eigenvalue weighted by molar-refractivity contribution is -0.130. The second-order valence-electron chi connectivity index (χ2n) is 4.07. The highest BCUT2D eigenvalue weighted by atomic mass is 16.5. The Morgan fingerprint density at radius 3 is 3.18 bits per heavy atom. The molecule has 5 heteroatoms. The fourth-order valence-electron chi connectivity index (χ4n) is 1.99. The predicted octanol–water partition coefficient (Wildman–Crippen LogP) is 0.739. The molecule has 0 bridgehead atoms. The van der Waals surface area contributed by atoms with Gasteiger partial charge < -0.3 is 10.1 Å². The van der Waals surface area contributed by atoms with E-state index in [2.05, 4.69) is 21.9 Å². The fourth-order valence-corrected chi connectivity index (χ4v) is 1.99. The molecule has 0 aliphatic carbocycles. The molecule has 1 N–H and O–H groups in total. The minimum absolute atomic E-state index is 0.194. The molecular formula is C12H11N3O2. The average molecular weight is 229 g/mol. The highest BCUT2D eigenvalue weighted by Crippen LogP contribution is 2.27. The zero-order valence-corrected chi connectivity index (χ0v) is 9.14. The van der Waals surface area contributed by atoms with Crippen LogP contribution in [-0.2, 0) is 16.0 Å². The standard InChI is InChI=1S/C12H11N3O2/c1-7-6-17-11(12(16)14-7)9-4-8-2-3-13-5-10(8)15-9/h2-3,5,11H,1,4,6H2,(H,14,16). The van der Waals surface area contributed by atoms with E-state index in [1.165, 1.54) is 0 Å². The number of aromatic nitrogens is 1. The van der Waals surface area contributed by atoms with E-state index in [4.69, 9.17) is 4.74 Å². The molecular weight excluding hydrogens is 218 g/mol. The lowest BCUT2D eigenvalue weighted by Crippen LogP contribution is -2.47. The number of carbonyl (C=O) groups is 1. The molecule has 1 saturated heterocycles. The summed E-state index contributed by atoms with van der Waals surface area (Å²) in [7, 11) is 0. The number of nitrogens with zero attached hydrogens (tertiary/aromatic N) is 2. The third kappa shape index (κ3) is 1.74. The first kappa shape index (κ1) is 10.2. The summed E-state index contributed by atoms with van der Waals surface area (Å²) in [4.78, 5) is 20.1. The normalized spacial score (nSPS) is 23.1. The summed E-state index contributed by atoms with van der Waals surface area (Å²) in [6, 6.07) is 1.91. The third-order valence-electron chi connectivity index (χ3n) is 2.79. The quantitative estimate of drug-likeness (QED) is 0.772. The van der Waals surface area contributed by atoms with Crippen LogP contribution in [0, 0.1) is 0 Å². The van der Waals surface area contributed by atoms with E-state index in [-0.39, 0.29) is 5.91 Å². The number of rotatable bonds is 1. The molecule has 0 radical (unpaired) electrons. The van der Waals surface area contributed by atoms with E-state index in [1.807, 2.05) is 6.07 Å². The van der Waals surface area contributed by atoms with Crippen LogP contribution in [0.3, 0.4) is 0 Å². The molecule has 5 nitrogen and oxygen atoms in total. The summed E-state index contributed by atoms with van der Waals surface area (Å²) in [5.41, 5.74) is 3.22. The van der Waals surface area contributed by atoms with Gasteiger partial charge in [-0.3, -0.25) is 14.8 Å². The van der Waals surface area contributed by atoms with Gasteiger partial charge >= 0.3 is 0 Å². The van der Waals surface area contributed by atoms with Crippen LogP contribution in [0.4, 0.5) is 5.69 Å². The highest BCUT2D eigenvalue weighted by molar-refractivity contribution is 6.11. The van der Waals surface area contributed by atoms with Crippen molar-refractivity contribution < 1.29 is 9.53 Å². The van der Waals surface area contributed by atoms with E-state index in [0.717, 1.165) is 17.0 Å². The Labute approximate surface area is 98.2 Å². The molecule has 3 heterocycles. The van der Waals surface area contributed by atoms with Crippen molar-refractivity contribution >= 4 is 17.3 Å². The van der Waals surface area contributed by atoms with Gasteiger partial charge in [0.2, 0.25) is 0 Å². The maximum Gasteiger partial charge on any atom is 0.259 e. The molecule has 0 spiro atoms. The Kier molecular flexibility index (Phi) is 2.26. The molecule has 1 fully saturated rings. The zero-order valence-electron chi connectivity index (χ0n) is 9.14. The summed E-state index contributed by atoms with van der Waals surface area (Å²) < 4.78 is 5.45. The SMILES string of the molecule is C=C1COC(C2=Nc3cnccc3C2)C(=O)N1. The Bertz CT molecular complexity index is 536. The molecule has 1 aromatic rings. The van der Waals surface area contributed by atoms with E-state index >= 15 is 0 Å². The number of fused-ring (bicyclic) bond motifs is 1. The number of hydrogen-bond acceptors (Lipinski definition) is 4. The number of hydrogen-bond donors (Lipinski definition) is 1. The molecule has 1 amide bonds. The van der Waals surface area contributed by atoms with Crippen LogP contribution in [0.1, 0.15) is 5.56 Å². The van der Waals surface area contributed by atoms with Crippen LogP contribution in [0.5, 0.6) is 0 Å². The Balaban J connectivity index is 1.84. The van der Waals surface area contributed by atoms with Gasteiger partial charge in [0, 0.05) is 18.3 Å². The van der Waals surface area contributed by atoms with Crippen LogP contribution in [-0.4, -0.2) is 29.3 Å². The number of nitrogens with one attached hydrogen (secondary N) is 1. The molecule has 1 unspecified atom stereocenters. The second kappa shape index (κ2) is 3.78. The number of aliphatic imine (C=N–C) groups is 1. The van der Waals surface area contributed by atoms with Gasteiger partial charge in [0.05, 0.1) is 24.2 Å². The van der Waals surface area contributed by atoms with E-state index in [9.17, 15) is 4.79 Å². The maximum absolute atomic E-state index is 11.7. The van der Waals surface area contributed by atoms with Crippen molar-refractivity contribution in [2.45, 2.75) is 12.5 Å². The van der Waals surface area contributed by atoms with Gasteiger partial charge in [-0.05, 0) is 11.6 Å². The monoisotopic (exact) mass is 229 g/mol. The van der Waals surface area contributed by atoms with Crippen molar-refractivity contribution in [3.63, 3.8) is 0 Å². The van der Waals surface area contributed by atoms with Gasteiger partial charge in [-0.2, -0.15) is 0 Å². The summed E-state index contributed by atoms with van der Waals surface area (Å²) in [6.07, 6.45) is 3.46. The molecule has 1 aromatic heterocycles. The zero-order chi connectivity index (χ0) is 11.8. The van der Waals surface area contributed by atoms with Crippen molar-refractivity contribution in [3.8, 4) is 0 Å². The van der Waals surface area contributed by atoms with Crippen LogP contribution < -0.4 is 5.32 Å².